The second-order valence-electron chi connectivity index (χ2n) is 9.03. The van der Waals surface area contributed by atoms with Crippen molar-refractivity contribution in [2.75, 3.05) is 37.4 Å². The van der Waals surface area contributed by atoms with Crippen LogP contribution in [0, 0.1) is 6.92 Å². The zero-order chi connectivity index (χ0) is 29.5. The van der Waals surface area contributed by atoms with Crippen molar-refractivity contribution in [3.63, 3.8) is 0 Å². The number of fused-ring (bicyclic) bond motifs is 1. The number of aromatic nitrogens is 4. The second-order valence-corrected chi connectivity index (χ2v) is 11.0. The van der Waals surface area contributed by atoms with E-state index >= 15 is 0 Å². The van der Waals surface area contributed by atoms with Crippen molar-refractivity contribution in [3.05, 3.63) is 30.1 Å². The SMILES string of the molecule is CC(F)F.CNc1nc(N)nn2ccc(-c3ccc(N=C(C)C)c(C)n3)c12.CS(=O)(=O)N1CCCC(F)(F)C1. The predicted octanol–water partition coefficient (Wildman–Crippen LogP) is 4.78. The number of hydrogen-bond donors (Lipinski definition) is 2. The number of sulfonamides is 1. The highest BCUT2D eigenvalue weighted by Gasteiger charge is 2.38. The lowest BCUT2D eigenvalue weighted by molar-refractivity contribution is -0.0432. The number of aryl methyl sites for hydroxylation is 1. The Labute approximate surface area is 225 Å². The molecule has 0 bridgehead atoms. The minimum absolute atomic E-state index is 0.209. The average Bonchev–Trinajstić information content (AvgIpc) is 3.22. The van der Waals surface area contributed by atoms with Gasteiger partial charge in [-0.05, 0) is 52.3 Å². The molecule has 0 aromatic carbocycles. The van der Waals surface area contributed by atoms with Crippen LogP contribution in [-0.2, 0) is 10.0 Å². The highest BCUT2D eigenvalue weighted by atomic mass is 32.2. The van der Waals surface area contributed by atoms with Gasteiger partial charge in [0.15, 0.2) is 5.82 Å². The molecule has 0 aliphatic carbocycles. The fraction of sp³-hybridized carbons (Fsp3) is 0.500. The largest absolute Gasteiger partial charge is 0.371 e. The smallest absolute Gasteiger partial charge is 0.261 e. The summed E-state index contributed by atoms with van der Waals surface area (Å²) in [5.74, 6) is -1.96. The number of nitrogens with zero attached hydrogens (tertiary/aromatic N) is 6. The number of anilines is 2. The molecule has 3 aromatic heterocycles. The Morgan fingerprint density at radius 1 is 1.21 bits per heavy atom. The van der Waals surface area contributed by atoms with Gasteiger partial charge in [-0.1, -0.05) is 0 Å². The van der Waals surface area contributed by atoms with Crippen LogP contribution in [0.25, 0.3) is 16.8 Å². The van der Waals surface area contributed by atoms with Crippen LogP contribution < -0.4 is 11.1 Å². The molecule has 1 fully saturated rings. The molecule has 4 rings (SSSR count). The summed E-state index contributed by atoms with van der Waals surface area (Å²) in [6.07, 6.45) is 0.663. The number of nitrogens with two attached hydrogens (primary N) is 1. The predicted molar refractivity (Wildman–Crippen MR) is 146 cm³/mol. The van der Waals surface area contributed by atoms with Crippen LogP contribution in [0.1, 0.15) is 39.3 Å². The molecular formula is C24H34F4N8O2S. The Morgan fingerprint density at radius 2 is 1.85 bits per heavy atom. The Morgan fingerprint density at radius 3 is 2.33 bits per heavy atom. The van der Waals surface area contributed by atoms with Gasteiger partial charge >= 0.3 is 0 Å². The first-order chi connectivity index (χ1) is 18.0. The number of aliphatic imine (C=N–C) groups is 1. The monoisotopic (exact) mass is 574 g/mol. The van der Waals surface area contributed by atoms with Crippen LogP contribution in [0.3, 0.4) is 0 Å². The molecule has 0 unspecified atom stereocenters. The molecule has 0 spiro atoms. The lowest BCUT2D eigenvalue weighted by Crippen LogP contribution is -2.45. The van der Waals surface area contributed by atoms with E-state index in [1.54, 1.807) is 11.6 Å². The third kappa shape index (κ3) is 9.42. The Bertz CT molecular complexity index is 1400. The van der Waals surface area contributed by atoms with E-state index in [0.717, 1.165) is 51.4 Å². The quantitative estimate of drug-likeness (QED) is 0.339. The van der Waals surface area contributed by atoms with E-state index in [2.05, 4.69) is 25.4 Å². The molecule has 10 nitrogen and oxygen atoms in total. The summed E-state index contributed by atoms with van der Waals surface area (Å²) in [5.41, 5.74) is 11.1. The standard InChI is InChI=1S/C16H19N7.C6H11F2NO2S.C2H4F2/c1-9(2)19-12-5-6-13(20-10(12)3)11-7-8-23-14(11)15(18-4)21-16(17)22-23;1-12(10,11)9-4-2-3-6(7,8)5-9;1-2(3)4/h5-8H,1-4H3,(H3,17,18,21,22);2-5H2,1H3;2H,1H3. The van der Waals surface area contributed by atoms with Gasteiger partial charge in [0.05, 0.1) is 29.9 Å². The molecule has 3 N–H and O–H groups in total. The normalized spacial score (nSPS) is 15.2. The topological polar surface area (TPSA) is 131 Å². The Kier molecular flexibility index (Phi) is 10.8. The van der Waals surface area contributed by atoms with E-state index in [1.807, 2.05) is 45.2 Å². The summed E-state index contributed by atoms with van der Waals surface area (Å²) in [5, 5.41) is 7.26. The third-order valence-corrected chi connectivity index (χ3v) is 6.52. The summed E-state index contributed by atoms with van der Waals surface area (Å²) in [6.45, 7) is 6.28. The van der Waals surface area contributed by atoms with Crippen LogP contribution in [0.2, 0.25) is 0 Å². The van der Waals surface area contributed by atoms with Crippen LogP contribution >= 0.6 is 0 Å². The number of halogens is 4. The zero-order valence-corrected chi connectivity index (χ0v) is 23.5. The van der Waals surface area contributed by atoms with Gasteiger partial charge in [0.2, 0.25) is 22.4 Å². The van der Waals surface area contributed by atoms with Gasteiger partial charge in [0, 0.05) is 37.5 Å². The fourth-order valence-electron chi connectivity index (χ4n) is 3.70. The van der Waals surface area contributed by atoms with Gasteiger partial charge in [-0.2, -0.15) is 9.29 Å². The van der Waals surface area contributed by atoms with Crippen molar-refractivity contribution in [3.8, 4) is 11.3 Å². The molecule has 0 atom stereocenters. The van der Waals surface area contributed by atoms with Crippen LogP contribution in [-0.4, -0.2) is 76.8 Å². The van der Waals surface area contributed by atoms with Crippen LogP contribution in [0.15, 0.2) is 29.4 Å². The Balaban J connectivity index is 0.000000279. The summed E-state index contributed by atoms with van der Waals surface area (Å²) >= 11 is 0. The number of nitrogens with one attached hydrogen (secondary N) is 1. The van der Waals surface area contributed by atoms with Crippen LogP contribution in [0.4, 0.5) is 35.0 Å². The highest BCUT2D eigenvalue weighted by Crippen LogP contribution is 2.31. The second kappa shape index (κ2) is 13.2. The van der Waals surface area contributed by atoms with Gasteiger partial charge < -0.3 is 11.1 Å². The maximum absolute atomic E-state index is 12.7. The lowest BCUT2D eigenvalue weighted by Gasteiger charge is -2.30. The number of pyridine rings is 1. The molecule has 1 saturated heterocycles. The van der Waals surface area contributed by atoms with Crippen molar-refractivity contribution in [2.45, 2.75) is 52.9 Å². The number of hydrogen-bond acceptors (Lipinski definition) is 8. The molecule has 1 aliphatic heterocycles. The first kappa shape index (κ1) is 31.9. The fourth-order valence-corrected chi connectivity index (χ4v) is 4.58. The van der Waals surface area contributed by atoms with Gasteiger partial charge in [-0.25, -0.2) is 30.5 Å². The van der Waals surface area contributed by atoms with E-state index < -0.39 is 28.9 Å². The molecule has 3 aromatic rings. The Hall–Kier alpha value is -3.33. The molecule has 4 heterocycles. The number of rotatable bonds is 4. The van der Waals surface area contributed by atoms with E-state index in [0.29, 0.717) is 5.82 Å². The van der Waals surface area contributed by atoms with Gasteiger partial charge in [-0.3, -0.25) is 9.98 Å². The van der Waals surface area contributed by atoms with E-state index in [1.165, 1.54) is 0 Å². The third-order valence-electron chi connectivity index (χ3n) is 5.27. The van der Waals surface area contributed by atoms with Crippen molar-refractivity contribution >= 4 is 38.7 Å². The minimum atomic E-state index is -3.44. The molecule has 39 heavy (non-hydrogen) atoms. The first-order valence-electron chi connectivity index (χ1n) is 12.0. The summed E-state index contributed by atoms with van der Waals surface area (Å²) < 4.78 is 70.3. The maximum atomic E-state index is 12.7. The van der Waals surface area contributed by atoms with Gasteiger partial charge in [0.25, 0.3) is 5.92 Å². The van der Waals surface area contributed by atoms with Crippen LogP contribution in [0.5, 0.6) is 0 Å². The highest BCUT2D eigenvalue weighted by molar-refractivity contribution is 7.88. The van der Waals surface area contributed by atoms with E-state index in [-0.39, 0.29) is 25.3 Å². The summed E-state index contributed by atoms with van der Waals surface area (Å²) in [6, 6.07) is 5.89. The van der Waals surface area contributed by atoms with Crippen molar-refractivity contribution in [2.24, 2.45) is 4.99 Å². The molecule has 0 amide bonds. The molecule has 0 radical (unpaired) electrons. The van der Waals surface area contributed by atoms with E-state index in [9.17, 15) is 26.0 Å². The van der Waals surface area contributed by atoms with Gasteiger partial charge in [-0.15, -0.1) is 5.10 Å². The molecule has 15 heteroatoms. The average molecular weight is 575 g/mol. The van der Waals surface area contributed by atoms with Crippen molar-refractivity contribution < 1.29 is 26.0 Å². The van der Waals surface area contributed by atoms with Crippen molar-refractivity contribution in [1.29, 1.82) is 0 Å². The molecular weight excluding hydrogens is 540 g/mol. The lowest BCUT2D eigenvalue weighted by atomic mass is 10.1. The van der Waals surface area contributed by atoms with Gasteiger partial charge in [0.1, 0.15) is 5.52 Å². The number of nitrogen functional groups attached to an aromatic ring is 1. The zero-order valence-electron chi connectivity index (χ0n) is 22.7. The minimum Gasteiger partial charge on any atom is -0.371 e. The van der Waals surface area contributed by atoms with E-state index in [4.69, 9.17) is 5.73 Å². The maximum Gasteiger partial charge on any atom is 0.261 e. The summed E-state index contributed by atoms with van der Waals surface area (Å²) in [7, 11) is -1.64. The molecule has 1 aliphatic rings. The summed E-state index contributed by atoms with van der Waals surface area (Å²) in [4.78, 5) is 13.4. The molecule has 0 saturated carbocycles. The first-order valence-corrected chi connectivity index (χ1v) is 13.8. The van der Waals surface area contributed by atoms with Crippen molar-refractivity contribution in [1.82, 2.24) is 23.9 Å². The number of alkyl halides is 4. The molecule has 216 valence electrons. The number of piperidine rings is 1.